The molecule has 1 amide bonds. The third-order valence-electron chi connectivity index (χ3n) is 4.07. The minimum Gasteiger partial charge on any atom is -0.481 e. The van der Waals surface area contributed by atoms with Crippen LogP contribution in [0.2, 0.25) is 0 Å². The zero-order chi connectivity index (χ0) is 14.0. The predicted octanol–water partition coefficient (Wildman–Crippen LogP) is 1.12. The monoisotopic (exact) mass is 275 g/mol. The standard InChI is InChI=1S/C12H21NO4S/c1-11(2)8(5-12(11,3)17-4)13-9(14)6-18-7-10(15)16/h8H,5-7H2,1-4H3,(H,13,14)(H,15,16). The molecule has 0 saturated heterocycles. The lowest BCUT2D eigenvalue weighted by molar-refractivity contribution is -0.182. The number of ether oxygens (including phenoxy) is 1. The number of carbonyl (C=O) groups excluding carboxylic acids is 1. The van der Waals surface area contributed by atoms with Gasteiger partial charge in [-0.05, 0) is 13.3 Å². The third kappa shape index (κ3) is 2.98. The Morgan fingerprint density at radius 2 is 2.00 bits per heavy atom. The van der Waals surface area contributed by atoms with Crippen molar-refractivity contribution < 1.29 is 19.4 Å². The summed E-state index contributed by atoms with van der Waals surface area (Å²) in [5, 5.41) is 11.4. The molecule has 0 aromatic rings. The summed E-state index contributed by atoms with van der Waals surface area (Å²) in [7, 11) is 1.68. The van der Waals surface area contributed by atoms with Gasteiger partial charge in [-0.3, -0.25) is 9.59 Å². The number of aliphatic carboxylic acids is 1. The summed E-state index contributed by atoms with van der Waals surface area (Å²) in [5.74, 6) is -0.874. The zero-order valence-corrected chi connectivity index (χ0v) is 12.1. The molecule has 0 aromatic heterocycles. The smallest absolute Gasteiger partial charge is 0.313 e. The summed E-state index contributed by atoms with van der Waals surface area (Å²) >= 11 is 1.11. The van der Waals surface area contributed by atoms with E-state index < -0.39 is 5.97 Å². The quantitative estimate of drug-likeness (QED) is 0.760. The largest absolute Gasteiger partial charge is 0.481 e. The molecule has 2 N–H and O–H groups in total. The fourth-order valence-corrected chi connectivity index (χ4v) is 2.74. The maximum atomic E-state index is 11.6. The Labute approximate surface area is 112 Å². The van der Waals surface area contributed by atoms with Gasteiger partial charge in [0.15, 0.2) is 0 Å². The highest BCUT2D eigenvalue weighted by Crippen LogP contribution is 2.51. The van der Waals surface area contributed by atoms with Crippen LogP contribution in [0.5, 0.6) is 0 Å². The normalized spacial score (nSPS) is 29.4. The number of amides is 1. The topological polar surface area (TPSA) is 75.6 Å². The van der Waals surface area contributed by atoms with Crippen LogP contribution in [-0.4, -0.2) is 47.2 Å². The molecule has 1 fully saturated rings. The van der Waals surface area contributed by atoms with Crippen molar-refractivity contribution in [1.29, 1.82) is 0 Å². The Kier molecular flexibility index (Phi) is 4.66. The van der Waals surface area contributed by atoms with Crippen molar-refractivity contribution in [1.82, 2.24) is 5.32 Å². The van der Waals surface area contributed by atoms with Gasteiger partial charge in [0.25, 0.3) is 0 Å². The molecule has 1 aliphatic carbocycles. The van der Waals surface area contributed by atoms with E-state index in [9.17, 15) is 9.59 Å². The van der Waals surface area contributed by atoms with Crippen LogP contribution < -0.4 is 5.32 Å². The van der Waals surface area contributed by atoms with Crippen LogP contribution in [0.4, 0.5) is 0 Å². The molecule has 18 heavy (non-hydrogen) atoms. The molecule has 104 valence electrons. The van der Waals surface area contributed by atoms with E-state index in [1.54, 1.807) is 7.11 Å². The third-order valence-corrected chi connectivity index (χ3v) is 4.99. The maximum Gasteiger partial charge on any atom is 0.313 e. The molecule has 0 heterocycles. The lowest BCUT2D eigenvalue weighted by atomic mass is 9.56. The molecule has 0 radical (unpaired) electrons. The highest BCUT2D eigenvalue weighted by Gasteiger charge is 2.58. The first-order valence-corrected chi connectivity index (χ1v) is 7.02. The van der Waals surface area contributed by atoms with Crippen LogP contribution in [0.3, 0.4) is 0 Å². The van der Waals surface area contributed by atoms with E-state index in [1.807, 2.05) is 6.92 Å². The molecule has 1 saturated carbocycles. The van der Waals surface area contributed by atoms with E-state index in [0.717, 1.165) is 18.2 Å². The van der Waals surface area contributed by atoms with Gasteiger partial charge in [0.1, 0.15) is 0 Å². The molecular weight excluding hydrogens is 254 g/mol. The predicted molar refractivity (Wildman–Crippen MR) is 70.7 cm³/mol. The molecule has 0 bridgehead atoms. The van der Waals surface area contributed by atoms with Crippen LogP contribution in [0.25, 0.3) is 0 Å². The summed E-state index contributed by atoms with van der Waals surface area (Å²) < 4.78 is 5.48. The molecule has 2 unspecified atom stereocenters. The number of carboxylic acids is 1. The zero-order valence-electron chi connectivity index (χ0n) is 11.3. The van der Waals surface area contributed by atoms with E-state index in [4.69, 9.17) is 9.84 Å². The number of hydrogen-bond acceptors (Lipinski definition) is 4. The minimum absolute atomic E-state index is 0.0444. The van der Waals surface area contributed by atoms with Crippen molar-refractivity contribution >= 4 is 23.6 Å². The summed E-state index contributed by atoms with van der Waals surface area (Å²) in [6.45, 7) is 6.17. The van der Waals surface area contributed by atoms with Gasteiger partial charge in [-0.1, -0.05) is 13.8 Å². The molecular formula is C12H21NO4S. The number of thioether (sulfide) groups is 1. The van der Waals surface area contributed by atoms with Gasteiger partial charge < -0.3 is 15.2 Å². The molecule has 5 nitrogen and oxygen atoms in total. The van der Waals surface area contributed by atoms with Gasteiger partial charge in [-0.2, -0.15) is 0 Å². The van der Waals surface area contributed by atoms with Gasteiger partial charge in [0, 0.05) is 18.6 Å². The highest BCUT2D eigenvalue weighted by molar-refractivity contribution is 8.00. The van der Waals surface area contributed by atoms with Crippen LogP contribution in [-0.2, 0) is 14.3 Å². The molecule has 0 aliphatic heterocycles. The summed E-state index contributed by atoms with van der Waals surface area (Å²) in [4.78, 5) is 22.0. The number of carboxylic acid groups (broad SMARTS) is 1. The minimum atomic E-state index is -0.899. The summed E-state index contributed by atoms with van der Waals surface area (Å²) in [6.07, 6.45) is 0.784. The van der Waals surface area contributed by atoms with Crippen molar-refractivity contribution in [3.63, 3.8) is 0 Å². The van der Waals surface area contributed by atoms with Crippen molar-refractivity contribution in [2.75, 3.05) is 18.6 Å². The highest BCUT2D eigenvalue weighted by atomic mass is 32.2. The molecule has 2 atom stereocenters. The Bertz CT molecular complexity index is 345. The lowest BCUT2D eigenvalue weighted by Gasteiger charge is -2.59. The Morgan fingerprint density at radius 1 is 1.39 bits per heavy atom. The van der Waals surface area contributed by atoms with Gasteiger partial charge in [-0.15, -0.1) is 11.8 Å². The van der Waals surface area contributed by atoms with Crippen molar-refractivity contribution in [2.45, 2.75) is 38.8 Å². The van der Waals surface area contributed by atoms with Gasteiger partial charge in [0.2, 0.25) is 5.91 Å². The number of nitrogens with one attached hydrogen (secondary N) is 1. The fraction of sp³-hybridized carbons (Fsp3) is 0.833. The second-order valence-corrected chi connectivity index (χ2v) is 6.35. The van der Waals surface area contributed by atoms with E-state index in [2.05, 4.69) is 19.2 Å². The second-order valence-electron chi connectivity index (χ2n) is 5.37. The van der Waals surface area contributed by atoms with Crippen LogP contribution in [0, 0.1) is 5.41 Å². The lowest BCUT2D eigenvalue weighted by Crippen LogP contribution is -2.68. The first-order chi connectivity index (χ1) is 8.23. The van der Waals surface area contributed by atoms with Crippen LogP contribution in [0.1, 0.15) is 27.2 Å². The molecule has 0 spiro atoms. The number of methoxy groups -OCH3 is 1. The van der Waals surface area contributed by atoms with Gasteiger partial charge in [-0.25, -0.2) is 0 Å². The summed E-state index contributed by atoms with van der Waals surface area (Å²) in [5.41, 5.74) is -0.325. The SMILES string of the molecule is COC1(C)CC(NC(=O)CSCC(=O)O)C1(C)C. The fourth-order valence-electron chi connectivity index (χ4n) is 2.19. The molecule has 0 aromatic carbocycles. The average Bonchev–Trinajstić information content (AvgIpc) is 2.27. The molecule has 1 aliphatic rings. The Balaban J connectivity index is 2.37. The van der Waals surface area contributed by atoms with Crippen LogP contribution in [0.15, 0.2) is 0 Å². The second kappa shape index (κ2) is 5.48. The van der Waals surface area contributed by atoms with Crippen molar-refractivity contribution in [2.24, 2.45) is 5.41 Å². The van der Waals surface area contributed by atoms with Gasteiger partial charge in [0.05, 0.1) is 17.1 Å². The summed E-state index contributed by atoms with van der Waals surface area (Å²) in [6, 6.07) is 0.0837. The van der Waals surface area contributed by atoms with Crippen molar-refractivity contribution in [3.8, 4) is 0 Å². The Morgan fingerprint density at radius 3 is 2.44 bits per heavy atom. The first-order valence-electron chi connectivity index (χ1n) is 5.87. The van der Waals surface area contributed by atoms with E-state index in [0.29, 0.717) is 0 Å². The maximum absolute atomic E-state index is 11.6. The van der Waals surface area contributed by atoms with E-state index in [-0.39, 0.29) is 34.5 Å². The number of rotatable bonds is 6. The van der Waals surface area contributed by atoms with Gasteiger partial charge >= 0.3 is 5.97 Å². The Hall–Kier alpha value is -0.750. The molecule has 6 heteroatoms. The van der Waals surface area contributed by atoms with Crippen molar-refractivity contribution in [3.05, 3.63) is 0 Å². The number of hydrogen-bond donors (Lipinski definition) is 2. The first kappa shape index (κ1) is 15.3. The van der Waals surface area contributed by atoms with Crippen LogP contribution >= 0.6 is 11.8 Å². The molecule has 1 rings (SSSR count). The van der Waals surface area contributed by atoms with E-state index >= 15 is 0 Å². The average molecular weight is 275 g/mol. The van der Waals surface area contributed by atoms with E-state index in [1.165, 1.54) is 0 Å². The number of carbonyl (C=O) groups is 2.